The van der Waals surface area contributed by atoms with Crippen LogP contribution < -0.4 is 0 Å². The molecular weight excluding hydrogens is 272 g/mol. The van der Waals surface area contributed by atoms with Crippen LogP contribution in [-0.4, -0.2) is 71.1 Å². The number of ether oxygens (including phenoxy) is 6. The lowest BCUT2D eigenvalue weighted by Gasteiger charge is -2.42. The molecule has 8 nitrogen and oxygen atoms in total. The molecule has 20 heavy (non-hydrogen) atoms. The van der Waals surface area contributed by atoms with E-state index < -0.39 is 42.6 Å². The van der Waals surface area contributed by atoms with Crippen LogP contribution in [-0.2, 0) is 38.0 Å². The van der Waals surface area contributed by atoms with E-state index in [4.69, 9.17) is 23.7 Å². The first-order valence-corrected chi connectivity index (χ1v) is 5.99. The first-order valence-electron chi connectivity index (χ1n) is 5.99. The summed E-state index contributed by atoms with van der Waals surface area (Å²) in [6.45, 7) is 1.25. The first kappa shape index (κ1) is 16.8. The minimum Gasteiger partial charge on any atom is -0.467 e. The van der Waals surface area contributed by atoms with E-state index in [9.17, 15) is 9.59 Å². The Labute approximate surface area is 117 Å². The molecule has 1 rings (SSSR count). The fourth-order valence-corrected chi connectivity index (χ4v) is 2.14. The maximum Gasteiger partial charge on any atom is 0.338 e. The Morgan fingerprint density at radius 2 is 1.50 bits per heavy atom. The zero-order chi connectivity index (χ0) is 15.3. The molecule has 0 aromatic carbocycles. The summed E-state index contributed by atoms with van der Waals surface area (Å²) in [7, 11) is 5.41. The van der Waals surface area contributed by atoms with Crippen LogP contribution in [0.25, 0.3) is 0 Å². The molecule has 1 heterocycles. The van der Waals surface area contributed by atoms with Gasteiger partial charge < -0.3 is 28.4 Å². The Morgan fingerprint density at radius 1 is 0.900 bits per heavy atom. The summed E-state index contributed by atoms with van der Waals surface area (Å²) in [5.74, 6) is -1.18. The van der Waals surface area contributed by atoms with Crippen LogP contribution in [0.5, 0.6) is 0 Å². The molecule has 0 saturated carbocycles. The second kappa shape index (κ2) is 7.53. The fourth-order valence-electron chi connectivity index (χ4n) is 2.14. The molecule has 8 heteroatoms. The van der Waals surface area contributed by atoms with Crippen molar-refractivity contribution in [1.29, 1.82) is 0 Å². The van der Waals surface area contributed by atoms with Crippen molar-refractivity contribution >= 4 is 11.9 Å². The van der Waals surface area contributed by atoms with Crippen LogP contribution in [0.2, 0.25) is 0 Å². The molecule has 0 aromatic rings. The van der Waals surface area contributed by atoms with Crippen LogP contribution >= 0.6 is 0 Å². The van der Waals surface area contributed by atoms with Crippen LogP contribution in [0, 0.1) is 0 Å². The monoisotopic (exact) mass is 292 g/mol. The molecule has 5 atom stereocenters. The highest BCUT2D eigenvalue weighted by Gasteiger charge is 2.52. The highest BCUT2D eigenvalue weighted by Crippen LogP contribution is 2.28. The SMILES string of the molecule is COC(=O)C1OC(OC)C(OC)C(OC(C)=O)C1OC. The number of hydrogen-bond acceptors (Lipinski definition) is 8. The normalized spacial score (nSPS) is 33.5. The summed E-state index contributed by atoms with van der Waals surface area (Å²) in [5.41, 5.74) is 0. The Bertz CT molecular complexity index is 344. The molecular formula is C12H20O8. The van der Waals surface area contributed by atoms with E-state index in [1.165, 1.54) is 35.4 Å². The molecule has 0 radical (unpaired) electrons. The maximum atomic E-state index is 11.8. The summed E-state index contributed by atoms with van der Waals surface area (Å²) in [6.07, 6.45) is -4.41. The van der Waals surface area contributed by atoms with Gasteiger partial charge in [0.1, 0.15) is 12.2 Å². The van der Waals surface area contributed by atoms with E-state index >= 15 is 0 Å². The molecule has 0 aliphatic carbocycles. The van der Waals surface area contributed by atoms with Crippen molar-refractivity contribution in [2.75, 3.05) is 28.4 Å². The van der Waals surface area contributed by atoms with Crippen molar-refractivity contribution in [3.63, 3.8) is 0 Å². The van der Waals surface area contributed by atoms with Crippen molar-refractivity contribution in [2.24, 2.45) is 0 Å². The third-order valence-electron chi connectivity index (χ3n) is 3.01. The standard InChI is InChI=1S/C12H20O8/c1-6(13)19-8-7(15-2)9(11(14)17-4)20-12(18-5)10(8)16-3/h7-10,12H,1-5H3. The predicted octanol–water partition coefficient (Wildman–Crippen LogP) is -0.508. The van der Waals surface area contributed by atoms with Gasteiger partial charge in [0.25, 0.3) is 0 Å². The number of hydrogen-bond donors (Lipinski definition) is 0. The lowest BCUT2D eigenvalue weighted by Crippen LogP contribution is -2.62. The van der Waals surface area contributed by atoms with Gasteiger partial charge in [-0.25, -0.2) is 4.79 Å². The molecule has 5 unspecified atom stereocenters. The number of esters is 2. The Kier molecular flexibility index (Phi) is 6.34. The molecule has 1 fully saturated rings. The second-order valence-corrected chi connectivity index (χ2v) is 4.16. The zero-order valence-electron chi connectivity index (χ0n) is 12.2. The number of carbonyl (C=O) groups is 2. The lowest BCUT2D eigenvalue weighted by molar-refractivity contribution is -0.298. The van der Waals surface area contributed by atoms with Crippen molar-refractivity contribution in [1.82, 2.24) is 0 Å². The molecule has 1 saturated heterocycles. The molecule has 116 valence electrons. The first-order chi connectivity index (χ1) is 9.49. The minimum atomic E-state index is -1.08. The summed E-state index contributed by atoms with van der Waals surface area (Å²) in [5, 5.41) is 0. The van der Waals surface area contributed by atoms with E-state index in [2.05, 4.69) is 4.74 Å². The summed E-state index contributed by atoms with van der Waals surface area (Å²) in [4.78, 5) is 23.0. The highest BCUT2D eigenvalue weighted by atomic mass is 16.7. The second-order valence-electron chi connectivity index (χ2n) is 4.16. The average Bonchev–Trinajstić information content (AvgIpc) is 2.44. The topological polar surface area (TPSA) is 89.5 Å². The summed E-state index contributed by atoms with van der Waals surface area (Å²) >= 11 is 0. The van der Waals surface area contributed by atoms with Gasteiger partial charge in [-0.05, 0) is 0 Å². The quantitative estimate of drug-likeness (QED) is 0.626. The van der Waals surface area contributed by atoms with E-state index in [0.717, 1.165) is 0 Å². The van der Waals surface area contributed by atoms with Crippen LogP contribution in [0.3, 0.4) is 0 Å². The molecule has 0 bridgehead atoms. The van der Waals surface area contributed by atoms with Crippen molar-refractivity contribution < 1.29 is 38.0 Å². The maximum absolute atomic E-state index is 11.8. The molecule has 0 spiro atoms. The smallest absolute Gasteiger partial charge is 0.338 e. The van der Waals surface area contributed by atoms with Crippen LogP contribution in [0.1, 0.15) is 6.92 Å². The molecule has 0 aromatic heterocycles. The Balaban J connectivity index is 3.07. The van der Waals surface area contributed by atoms with Crippen molar-refractivity contribution in [3.05, 3.63) is 0 Å². The predicted molar refractivity (Wildman–Crippen MR) is 64.8 cm³/mol. The van der Waals surface area contributed by atoms with Crippen LogP contribution in [0.15, 0.2) is 0 Å². The number of carbonyl (C=O) groups excluding carboxylic acids is 2. The van der Waals surface area contributed by atoms with Gasteiger partial charge in [0.15, 0.2) is 18.5 Å². The lowest BCUT2D eigenvalue weighted by atomic mass is 9.98. The molecule has 1 aliphatic heterocycles. The van der Waals surface area contributed by atoms with Gasteiger partial charge in [-0.1, -0.05) is 0 Å². The largest absolute Gasteiger partial charge is 0.467 e. The van der Waals surface area contributed by atoms with E-state index in [1.807, 2.05) is 0 Å². The van der Waals surface area contributed by atoms with Gasteiger partial charge in [0.2, 0.25) is 0 Å². The zero-order valence-corrected chi connectivity index (χ0v) is 12.2. The summed E-state index contributed by atoms with van der Waals surface area (Å²) < 4.78 is 30.9. The third kappa shape index (κ3) is 3.45. The van der Waals surface area contributed by atoms with Gasteiger partial charge >= 0.3 is 11.9 Å². The molecule has 0 amide bonds. The Hall–Kier alpha value is -1.22. The number of methoxy groups -OCH3 is 4. The third-order valence-corrected chi connectivity index (χ3v) is 3.01. The van der Waals surface area contributed by atoms with Crippen LogP contribution in [0.4, 0.5) is 0 Å². The average molecular weight is 292 g/mol. The van der Waals surface area contributed by atoms with Crippen molar-refractivity contribution in [2.45, 2.75) is 37.6 Å². The van der Waals surface area contributed by atoms with Crippen molar-refractivity contribution in [3.8, 4) is 0 Å². The Morgan fingerprint density at radius 3 is 1.90 bits per heavy atom. The van der Waals surface area contributed by atoms with E-state index in [-0.39, 0.29) is 0 Å². The fraction of sp³-hybridized carbons (Fsp3) is 0.833. The van der Waals surface area contributed by atoms with Gasteiger partial charge in [0.05, 0.1) is 7.11 Å². The highest BCUT2D eigenvalue weighted by molar-refractivity contribution is 5.76. The molecule has 0 N–H and O–H groups in total. The van der Waals surface area contributed by atoms with Gasteiger partial charge in [-0.15, -0.1) is 0 Å². The number of rotatable bonds is 5. The summed E-state index contributed by atoms with van der Waals surface area (Å²) in [6, 6.07) is 0. The van der Waals surface area contributed by atoms with E-state index in [1.54, 1.807) is 0 Å². The van der Waals surface area contributed by atoms with Gasteiger partial charge in [0, 0.05) is 28.3 Å². The van der Waals surface area contributed by atoms with Gasteiger partial charge in [-0.3, -0.25) is 4.79 Å². The van der Waals surface area contributed by atoms with Gasteiger partial charge in [-0.2, -0.15) is 0 Å². The molecule has 1 aliphatic rings. The van der Waals surface area contributed by atoms with E-state index in [0.29, 0.717) is 0 Å². The minimum absolute atomic E-state index is 0.528.